The fraction of sp³-hybridized carbons (Fsp3) is 0.254. The van der Waals surface area contributed by atoms with Crippen molar-refractivity contribution >= 4 is 72.3 Å². The Bertz CT molecular complexity index is 3270. The molecule has 2 unspecified atom stereocenters. The topological polar surface area (TPSA) is 6.48 Å². The second kappa shape index (κ2) is 19.1. The number of nitrogens with zero attached hydrogens (tertiary/aromatic N) is 2. The molecule has 2 nitrogen and oxygen atoms in total. The van der Waals surface area contributed by atoms with Gasteiger partial charge in [-0.3, -0.25) is 0 Å². The van der Waals surface area contributed by atoms with Crippen molar-refractivity contribution < 1.29 is 0 Å². The van der Waals surface area contributed by atoms with E-state index in [0.717, 1.165) is 37.1 Å². The number of aryl methyl sites for hydroxylation is 1. The highest BCUT2D eigenvalue weighted by atomic mass is 32.1. The maximum absolute atomic E-state index is 3.68. The number of allylic oxidation sites excluding steroid dienone is 3. The van der Waals surface area contributed by atoms with Crippen LogP contribution in [-0.4, -0.2) is 6.71 Å². The summed E-state index contributed by atoms with van der Waals surface area (Å²) >= 11 is 2.00. The number of benzene rings is 7. The fourth-order valence-corrected chi connectivity index (χ4v) is 13.3. The predicted molar refractivity (Wildman–Crippen MR) is 307 cm³/mol. The highest BCUT2D eigenvalue weighted by molar-refractivity contribution is 7.33. The molecule has 2 aliphatic heterocycles. The van der Waals surface area contributed by atoms with Gasteiger partial charge in [0.2, 0.25) is 0 Å². The average molecular weight is 941 g/mol. The predicted octanol–water partition coefficient (Wildman–Crippen LogP) is 16.2. The quantitative estimate of drug-likeness (QED) is 0.0646. The van der Waals surface area contributed by atoms with E-state index in [2.05, 4.69) is 252 Å². The molecule has 2 atom stereocenters. The van der Waals surface area contributed by atoms with Crippen molar-refractivity contribution in [3.8, 4) is 11.8 Å². The van der Waals surface area contributed by atoms with Crippen molar-refractivity contribution in [3.63, 3.8) is 0 Å². The first-order valence-corrected chi connectivity index (χ1v) is 27.0. The number of hydrogen-bond donors (Lipinski definition) is 0. The molecule has 0 fully saturated rings. The van der Waals surface area contributed by atoms with Gasteiger partial charge in [-0.25, -0.2) is 0 Å². The van der Waals surface area contributed by atoms with E-state index in [1.165, 1.54) is 100 Å². The van der Waals surface area contributed by atoms with Crippen molar-refractivity contribution in [2.45, 2.75) is 104 Å². The minimum absolute atomic E-state index is 0.00480. The van der Waals surface area contributed by atoms with Crippen LogP contribution in [-0.2, 0) is 10.8 Å². The first-order valence-electron chi connectivity index (χ1n) is 26.2. The van der Waals surface area contributed by atoms with Crippen LogP contribution in [0, 0.1) is 24.7 Å². The number of unbranched alkanes of at least 4 members (excludes halogenated alkanes) is 2. The zero-order valence-electron chi connectivity index (χ0n) is 42.6. The summed E-state index contributed by atoms with van der Waals surface area (Å²) in [6.07, 6.45) is 13.9. The molecule has 11 rings (SSSR count). The van der Waals surface area contributed by atoms with E-state index in [-0.39, 0.29) is 18.0 Å². The van der Waals surface area contributed by atoms with Crippen LogP contribution in [0.25, 0.3) is 10.1 Å². The molecule has 352 valence electrons. The Hall–Kier alpha value is -6.80. The van der Waals surface area contributed by atoms with Gasteiger partial charge in [-0.2, -0.15) is 0 Å². The van der Waals surface area contributed by atoms with Crippen LogP contribution >= 0.6 is 11.3 Å². The van der Waals surface area contributed by atoms with Crippen LogP contribution in [0.5, 0.6) is 0 Å². The summed E-state index contributed by atoms with van der Waals surface area (Å²) in [4.78, 5) is 5.27. The summed E-state index contributed by atoms with van der Waals surface area (Å²) < 4.78 is 2.75. The maximum atomic E-state index is 3.68. The van der Waals surface area contributed by atoms with Crippen molar-refractivity contribution in [3.05, 3.63) is 227 Å². The summed E-state index contributed by atoms with van der Waals surface area (Å²) in [6, 6.07) is 62.7. The van der Waals surface area contributed by atoms with Gasteiger partial charge in [0.05, 0.1) is 16.8 Å². The largest absolute Gasteiger partial charge is 0.311 e. The van der Waals surface area contributed by atoms with Crippen LogP contribution in [0.1, 0.15) is 125 Å². The van der Waals surface area contributed by atoms with Gasteiger partial charge in [0, 0.05) is 49.6 Å². The molecule has 4 heteroatoms. The van der Waals surface area contributed by atoms with Crippen molar-refractivity contribution in [2.24, 2.45) is 5.92 Å². The Balaban J connectivity index is 1.31. The van der Waals surface area contributed by atoms with Crippen LogP contribution in [0.4, 0.5) is 28.4 Å². The molecule has 8 aromatic rings. The molecule has 0 N–H and O–H groups in total. The third-order valence-corrected chi connectivity index (χ3v) is 16.8. The highest BCUT2D eigenvalue weighted by Gasteiger charge is 2.48. The van der Waals surface area contributed by atoms with Gasteiger partial charge in [-0.1, -0.05) is 218 Å². The van der Waals surface area contributed by atoms with E-state index in [4.69, 9.17) is 0 Å². The lowest BCUT2D eigenvalue weighted by molar-refractivity contribution is 0.590. The normalized spacial score (nSPS) is 15.3. The van der Waals surface area contributed by atoms with E-state index in [9.17, 15) is 0 Å². The molecule has 0 amide bonds. The summed E-state index contributed by atoms with van der Waals surface area (Å²) in [6.45, 7) is 16.2. The molecule has 0 spiro atoms. The minimum Gasteiger partial charge on any atom is -0.311 e. The number of rotatable bonds is 13. The lowest BCUT2D eigenvalue weighted by Crippen LogP contribution is -2.61. The number of anilines is 5. The number of fused-ring (bicyclic) bond motifs is 6. The van der Waals surface area contributed by atoms with Crippen LogP contribution in [0.15, 0.2) is 188 Å². The first kappa shape index (κ1) is 46.6. The van der Waals surface area contributed by atoms with E-state index in [1.807, 2.05) is 11.3 Å². The van der Waals surface area contributed by atoms with E-state index >= 15 is 0 Å². The molecule has 0 radical (unpaired) electrons. The Kier molecular flexibility index (Phi) is 12.5. The standard InChI is InChI=1S/C67H65BN2S/c1-8-10-23-47(4)56-33-22-34-61-62(56)64-65(71-61)68-57-43-46(3)35-42-58(57)69(55-40-37-49(38-41-55)66(5,6)7)59-44-53(45-60(63(59)68)70(64)54-32-21-25-48(36-39-54)24-11-9-2)67(50-26-15-12-16-27-50,51-28-17-13-18-29-51)52-30-19-14-20-31-52/h12-20,22,26-45,47-48H,8-11,23-24H2,1-7H3. The molecule has 7 aromatic carbocycles. The molecule has 0 bridgehead atoms. The minimum atomic E-state index is -0.693. The molecule has 1 aromatic heterocycles. The second-order valence-corrected chi connectivity index (χ2v) is 22.4. The summed E-state index contributed by atoms with van der Waals surface area (Å²) in [5, 5.41) is 1.39. The summed E-state index contributed by atoms with van der Waals surface area (Å²) in [5.74, 6) is 7.92. The molecule has 0 saturated carbocycles. The van der Waals surface area contributed by atoms with Gasteiger partial charge < -0.3 is 9.80 Å². The lowest BCUT2D eigenvalue weighted by atomic mass is 9.36. The van der Waals surface area contributed by atoms with Crippen molar-refractivity contribution in [1.29, 1.82) is 0 Å². The Labute approximate surface area is 427 Å². The first-order chi connectivity index (χ1) is 34.6. The smallest absolute Gasteiger partial charge is 0.264 e. The van der Waals surface area contributed by atoms with Crippen molar-refractivity contribution in [1.82, 2.24) is 0 Å². The van der Waals surface area contributed by atoms with E-state index in [1.54, 1.807) is 0 Å². The zero-order chi connectivity index (χ0) is 48.9. The lowest BCUT2D eigenvalue weighted by Gasteiger charge is -2.45. The van der Waals surface area contributed by atoms with Gasteiger partial charge in [0.15, 0.2) is 0 Å². The van der Waals surface area contributed by atoms with E-state index < -0.39 is 5.41 Å². The monoisotopic (exact) mass is 940 g/mol. The van der Waals surface area contributed by atoms with Gasteiger partial charge in [0.1, 0.15) is 0 Å². The molecular formula is C67H65BN2S. The van der Waals surface area contributed by atoms with Crippen LogP contribution < -0.4 is 25.5 Å². The van der Waals surface area contributed by atoms with Gasteiger partial charge in [-0.15, -0.1) is 11.3 Å². The van der Waals surface area contributed by atoms with E-state index in [0.29, 0.717) is 5.92 Å². The fourth-order valence-electron chi connectivity index (χ4n) is 11.9. The third-order valence-electron chi connectivity index (χ3n) is 15.6. The number of thiophene rings is 1. The maximum Gasteiger partial charge on any atom is 0.264 e. The average Bonchev–Trinajstić information content (AvgIpc) is 3.63. The third kappa shape index (κ3) is 8.08. The Morgan fingerprint density at radius 2 is 1.28 bits per heavy atom. The molecule has 0 saturated heterocycles. The highest BCUT2D eigenvalue weighted by Crippen LogP contribution is 2.53. The van der Waals surface area contributed by atoms with Gasteiger partial charge >= 0.3 is 0 Å². The van der Waals surface area contributed by atoms with Gasteiger partial charge in [0.25, 0.3) is 6.71 Å². The molecule has 3 aliphatic rings. The Morgan fingerprint density at radius 1 is 0.648 bits per heavy atom. The molecule has 1 aliphatic carbocycles. The Morgan fingerprint density at radius 3 is 1.90 bits per heavy atom. The van der Waals surface area contributed by atoms with Gasteiger partial charge in [-0.05, 0) is 118 Å². The summed E-state index contributed by atoms with van der Waals surface area (Å²) in [7, 11) is 0. The number of hydrogen-bond acceptors (Lipinski definition) is 3. The van der Waals surface area contributed by atoms with Crippen LogP contribution in [0.3, 0.4) is 0 Å². The second-order valence-electron chi connectivity index (χ2n) is 21.3. The summed E-state index contributed by atoms with van der Waals surface area (Å²) in [5.41, 5.74) is 18.2. The van der Waals surface area contributed by atoms with Crippen LogP contribution in [0.2, 0.25) is 0 Å². The molecule has 71 heavy (non-hydrogen) atoms. The SMILES string of the molecule is CCCCC1C#CC=C(N2c3cc(C(c4ccccc4)(c4ccccc4)c4ccccc4)cc4c3B(c3cc(C)ccc3N4c3ccc(C(C)(C)C)cc3)c3sc4cccc(C(C)CCCC)c4c32)C=C1. The zero-order valence-corrected chi connectivity index (χ0v) is 43.4. The molecular weight excluding hydrogens is 876 g/mol. The molecule has 3 heterocycles. The van der Waals surface area contributed by atoms with Crippen molar-refractivity contribution in [2.75, 3.05) is 9.80 Å².